The summed E-state index contributed by atoms with van der Waals surface area (Å²) in [6.45, 7) is 2.15. The smallest absolute Gasteiger partial charge is 0.258 e. The number of para-hydroxylation sites is 1. The number of anilines is 3. The summed E-state index contributed by atoms with van der Waals surface area (Å²) in [5.74, 6) is -0.418. The van der Waals surface area contributed by atoms with Crippen LogP contribution < -0.4 is 15.5 Å². The van der Waals surface area contributed by atoms with Crippen molar-refractivity contribution in [1.29, 1.82) is 0 Å². The first-order chi connectivity index (χ1) is 18.5. The van der Waals surface area contributed by atoms with E-state index in [1.165, 1.54) is 12.5 Å². The Morgan fingerprint density at radius 3 is 2.13 bits per heavy atom. The van der Waals surface area contributed by atoms with E-state index in [2.05, 4.69) is 16.7 Å². The molecular weight excluding hydrogens is 474 g/mol. The minimum atomic E-state index is -0.243. The van der Waals surface area contributed by atoms with Crippen molar-refractivity contribution in [3.8, 4) is 11.1 Å². The monoisotopic (exact) mass is 503 g/mol. The molecule has 0 saturated heterocycles. The number of rotatable bonds is 5. The van der Waals surface area contributed by atoms with Crippen LogP contribution in [0.2, 0.25) is 0 Å². The first-order valence-electron chi connectivity index (χ1n) is 12.8. The molecular formula is C32H29N3O3. The number of fused-ring (bicyclic) bond motifs is 1. The van der Waals surface area contributed by atoms with E-state index >= 15 is 0 Å². The molecule has 1 aliphatic rings. The Morgan fingerprint density at radius 1 is 0.711 bits per heavy atom. The molecule has 190 valence electrons. The van der Waals surface area contributed by atoms with Crippen molar-refractivity contribution in [3.05, 3.63) is 114 Å². The fourth-order valence-electron chi connectivity index (χ4n) is 4.82. The fraction of sp³-hybridized carbons (Fsp3) is 0.156. The van der Waals surface area contributed by atoms with Gasteiger partial charge in [0.05, 0.1) is 0 Å². The van der Waals surface area contributed by atoms with E-state index in [0.29, 0.717) is 29.0 Å². The van der Waals surface area contributed by atoms with E-state index in [0.717, 1.165) is 36.1 Å². The highest BCUT2D eigenvalue weighted by Gasteiger charge is 2.22. The lowest BCUT2D eigenvalue weighted by atomic mass is 9.99. The molecule has 2 N–H and O–H groups in total. The van der Waals surface area contributed by atoms with Crippen molar-refractivity contribution >= 4 is 34.8 Å². The zero-order valence-electron chi connectivity index (χ0n) is 21.2. The van der Waals surface area contributed by atoms with Gasteiger partial charge in [0, 0.05) is 41.7 Å². The summed E-state index contributed by atoms with van der Waals surface area (Å²) in [6, 6.07) is 29.9. The van der Waals surface area contributed by atoms with E-state index in [-0.39, 0.29) is 17.7 Å². The molecule has 6 nitrogen and oxygen atoms in total. The Balaban J connectivity index is 1.32. The molecule has 4 aromatic carbocycles. The summed E-state index contributed by atoms with van der Waals surface area (Å²) in [7, 11) is 0. The number of benzene rings is 4. The molecule has 6 heteroatoms. The van der Waals surface area contributed by atoms with Crippen molar-refractivity contribution in [2.75, 3.05) is 22.1 Å². The van der Waals surface area contributed by atoms with Crippen LogP contribution in [0.1, 0.15) is 46.0 Å². The van der Waals surface area contributed by atoms with Crippen molar-refractivity contribution in [2.24, 2.45) is 0 Å². The molecule has 38 heavy (non-hydrogen) atoms. The van der Waals surface area contributed by atoms with E-state index in [9.17, 15) is 14.4 Å². The second-order valence-electron chi connectivity index (χ2n) is 9.38. The molecule has 0 atom stereocenters. The summed E-state index contributed by atoms with van der Waals surface area (Å²) in [4.78, 5) is 39.8. The second-order valence-corrected chi connectivity index (χ2v) is 9.38. The van der Waals surface area contributed by atoms with Crippen LogP contribution in [-0.4, -0.2) is 24.3 Å². The van der Waals surface area contributed by atoms with Crippen molar-refractivity contribution < 1.29 is 14.4 Å². The Hall–Kier alpha value is -4.71. The Morgan fingerprint density at radius 2 is 1.37 bits per heavy atom. The lowest BCUT2D eigenvalue weighted by Crippen LogP contribution is -2.31. The highest BCUT2D eigenvalue weighted by atomic mass is 16.2. The summed E-state index contributed by atoms with van der Waals surface area (Å²) in [6.07, 6.45) is 3.00. The average molecular weight is 504 g/mol. The molecule has 3 amide bonds. The van der Waals surface area contributed by atoms with E-state index in [1.807, 2.05) is 65.6 Å². The number of nitrogens with zero attached hydrogens (tertiary/aromatic N) is 1. The molecule has 0 unspecified atom stereocenters. The quantitative estimate of drug-likeness (QED) is 0.324. The number of aryl methyl sites for hydroxylation is 1. The highest BCUT2D eigenvalue weighted by Crippen LogP contribution is 2.29. The lowest BCUT2D eigenvalue weighted by Gasteiger charge is -2.23. The number of nitrogens with one attached hydrogen (secondary N) is 2. The summed E-state index contributed by atoms with van der Waals surface area (Å²) < 4.78 is 0. The predicted octanol–water partition coefficient (Wildman–Crippen LogP) is 6.55. The Bertz CT molecular complexity index is 1480. The van der Waals surface area contributed by atoms with Gasteiger partial charge in [-0.25, -0.2) is 0 Å². The lowest BCUT2D eigenvalue weighted by molar-refractivity contribution is -0.114. The van der Waals surface area contributed by atoms with Gasteiger partial charge in [0.2, 0.25) is 5.91 Å². The van der Waals surface area contributed by atoms with Crippen LogP contribution in [0, 0.1) is 0 Å². The van der Waals surface area contributed by atoms with Crippen LogP contribution in [-0.2, 0) is 11.2 Å². The van der Waals surface area contributed by atoms with Gasteiger partial charge in [0.1, 0.15) is 0 Å². The number of hydrogen-bond acceptors (Lipinski definition) is 3. The molecule has 5 rings (SSSR count). The maximum Gasteiger partial charge on any atom is 0.258 e. The Kier molecular flexibility index (Phi) is 7.31. The SMILES string of the molecule is CC(=O)Nc1ccc(-c2ccccc2C(=O)Nc2ccc(C(=O)N3CCCCc4ccccc43)cc2)cc1. The Labute approximate surface area is 222 Å². The zero-order chi connectivity index (χ0) is 26.5. The normalized spacial score (nSPS) is 12.7. The predicted molar refractivity (Wildman–Crippen MR) is 152 cm³/mol. The maximum absolute atomic E-state index is 13.4. The average Bonchev–Trinajstić information content (AvgIpc) is 3.16. The molecule has 0 saturated carbocycles. The highest BCUT2D eigenvalue weighted by molar-refractivity contribution is 6.10. The maximum atomic E-state index is 13.4. The minimum Gasteiger partial charge on any atom is -0.326 e. The number of carbonyl (C=O) groups excluding carboxylic acids is 3. The molecule has 0 fully saturated rings. The van der Waals surface area contributed by atoms with E-state index in [1.54, 1.807) is 30.3 Å². The van der Waals surface area contributed by atoms with Crippen LogP contribution in [0.3, 0.4) is 0 Å². The molecule has 0 bridgehead atoms. The third-order valence-corrected chi connectivity index (χ3v) is 6.68. The van der Waals surface area contributed by atoms with Gasteiger partial charge in [-0.15, -0.1) is 0 Å². The molecule has 0 spiro atoms. The van der Waals surface area contributed by atoms with Gasteiger partial charge in [-0.2, -0.15) is 0 Å². The van der Waals surface area contributed by atoms with E-state index < -0.39 is 0 Å². The van der Waals surface area contributed by atoms with Crippen LogP contribution in [0.25, 0.3) is 11.1 Å². The third kappa shape index (κ3) is 5.49. The van der Waals surface area contributed by atoms with Crippen LogP contribution in [0.5, 0.6) is 0 Å². The minimum absolute atomic E-state index is 0.0368. The number of carbonyl (C=O) groups is 3. The van der Waals surface area contributed by atoms with Gasteiger partial charge in [-0.3, -0.25) is 14.4 Å². The zero-order valence-corrected chi connectivity index (χ0v) is 21.2. The largest absolute Gasteiger partial charge is 0.326 e. The number of amides is 3. The van der Waals surface area contributed by atoms with Crippen molar-refractivity contribution in [1.82, 2.24) is 0 Å². The van der Waals surface area contributed by atoms with Crippen molar-refractivity contribution in [2.45, 2.75) is 26.2 Å². The first-order valence-corrected chi connectivity index (χ1v) is 12.8. The standard InChI is InChI=1S/C32H29N3O3/c1-22(36)33-26-17-13-23(14-18-26)28-10-3-4-11-29(28)31(37)34-27-19-15-25(16-20-27)32(38)35-21-7-6-9-24-8-2-5-12-30(24)35/h2-5,8,10-20H,6-7,9,21H2,1H3,(H,33,36)(H,34,37). The van der Waals surface area contributed by atoms with Crippen LogP contribution in [0.15, 0.2) is 97.1 Å². The van der Waals surface area contributed by atoms with Gasteiger partial charge < -0.3 is 15.5 Å². The second kappa shape index (κ2) is 11.1. The van der Waals surface area contributed by atoms with Gasteiger partial charge >= 0.3 is 0 Å². The van der Waals surface area contributed by atoms with Crippen LogP contribution in [0.4, 0.5) is 17.1 Å². The van der Waals surface area contributed by atoms with Gasteiger partial charge in [0.15, 0.2) is 0 Å². The van der Waals surface area contributed by atoms with E-state index in [4.69, 9.17) is 0 Å². The summed E-state index contributed by atoms with van der Waals surface area (Å²) in [5, 5.41) is 5.71. The van der Waals surface area contributed by atoms with Crippen molar-refractivity contribution in [3.63, 3.8) is 0 Å². The molecule has 0 aromatic heterocycles. The van der Waals surface area contributed by atoms with Gasteiger partial charge in [-0.1, -0.05) is 48.5 Å². The molecule has 0 radical (unpaired) electrons. The molecule has 4 aromatic rings. The van der Waals surface area contributed by atoms with Crippen LogP contribution >= 0.6 is 0 Å². The van der Waals surface area contributed by atoms with Gasteiger partial charge in [-0.05, 0) is 84.5 Å². The van der Waals surface area contributed by atoms with Gasteiger partial charge in [0.25, 0.3) is 11.8 Å². The first kappa shape index (κ1) is 25.0. The molecule has 0 aliphatic carbocycles. The fourth-order valence-corrected chi connectivity index (χ4v) is 4.82. The third-order valence-electron chi connectivity index (χ3n) is 6.68. The summed E-state index contributed by atoms with van der Waals surface area (Å²) >= 11 is 0. The topological polar surface area (TPSA) is 78.5 Å². The molecule has 1 heterocycles. The summed E-state index contributed by atoms with van der Waals surface area (Å²) in [5.41, 5.74) is 6.25. The number of hydrogen-bond donors (Lipinski definition) is 2. The molecule has 1 aliphatic heterocycles.